The van der Waals surface area contributed by atoms with E-state index in [4.69, 9.17) is 29.2 Å². The second kappa shape index (κ2) is 64.8. The number of aliphatic hydroxyl groups is 2. The highest BCUT2D eigenvalue weighted by molar-refractivity contribution is 4.63. The maximum atomic E-state index is 8.67. The molecule has 0 aliphatic heterocycles. The van der Waals surface area contributed by atoms with Gasteiger partial charge in [0, 0.05) is 118 Å². The van der Waals surface area contributed by atoms with Crippen molar-refractivity contribution in [2.45, 2.75) is 104 Å². The highest BCUT2D eigenvalue weighted by Crippen LogP contribution is 2.09. The van der Waals surface area contributed by atoms with E-state index in [1.54, 1.807) is 0 Å². The molecule has 0 aromatic heterocycles. The van der Waals surface area contributed by atoms with Gasteiger partial charge in [0.05, 0.1) is 66.1 Å². The summed E-state index contributed by atoms with van der Waals surface area (Å²) in [5, 5.41) is 37.9. The predicted molar refractivity (Wildman–Crippen MR) is 316 cm³/mol. The number of nitrogens with zero attached hydrogens (tertiary/aromatic N) is 6. The molecule has 0 atom stereocenters. The van der Waals surface area contributed by atoms with Crippen molar-refractivity contribution in [2.24, 2.45) is 0 Å². The lowest BCUT2D eigenvalue weighted by molar-refractivity contribution is 0.0278. The van der Waals surface area contributed by atoms with E-state index in [2.05, 4.69) is 117 Å². The fraction of sp³-hybridized carbons (Fsp3) is 1.00. The fourth-order valence-electron chi connectivity index (χ4n) is 7.76. The Labute approximate surface area is 458 Å². The van der Waals surface area contributed by atoms with Crippen LogP contribution in [0.4, 0.5) is 0 Å². The second-order valence-electron chi connectivity index (χ2n) is 20.4. The third kappa shape index (κ3) is 65.6. The van der Waals surface area contributed by atoms with Crippen LogP contribution in [0.1, 0.15) is 104 Å². The number of hydrogen-bond donors (Lipinski definition) is 8. The van der Waals surface area contributed by atoms with E-state index >= 15 is 0 Å². The number of rotatable bonds is 62. The van der Waals surface area contributed by atoms with Gasteiger partial charge in [0.1, 0.15) is 0 Å². The minimum absolute atomic E-state index is 0.0691. The molecule has 8 N–H and O–H groups in total. The van der Waals surface area contributed by atoms with E-state index in [0.29, 0.717) is 46.2 Å². The van der Waals surface area contributed by atoms with Gasteiger partial charge in [0.25, 0.3) is 0 Å². The molecular formula is C56H128N12O6. The van der Waals surface area contributed by atoms with E-state index in [9.17, 15) is 0 Å². The van der Waals surface area contributed by atoms with Crippen molar-refractivity contribution >= 4 is 0 Å². The first-order valence-corrected chi connectivity index (χ1v) is 30.1. The van der Waals surface area contributed by atoms with Crippen molar-refractivity contribution in [3.05, 3.63) is 0 Å². The van der Waals surface area contributed by atoms with Gasteiger partial charge in [-0.3, -0.25) is 0 Å². The van der Waals surface area contributed by atoms with E-state index in [1.807, 2.05) is 0 Å². The third-order valence-electron chi connectivity index (χ3n) is 13.2. The lowest BCUT2D eigenvalue weighted by atomic mass is 10.1. The van der Waals surface area contributed by atoms with Crippen LogP contribution in [0.25, 0.3) is 0 Å². The summed E-state index contributed by atoms with van der Waals surface area (Å²) in [6.07, 6.45) is 18.9. The molecule has 0 aromatic rings. The van der Waals surface area contributed by atoms with Crippen LogP contribution in [-0.2, 0) is 18.9 Å². The zero-order chi connectivity index (χ0) is 54.5. The van der Waals surface area contributed by atoms with Gasteiger partial charge in [-0.25, -0.2) is 0 Å². The average Bonchev–Trinajstić information content (AvgIpc) is 3.40. The van der Waals surface area contributed by atoms with Gasteiger partial charge in [-0.2, -0.15) is 0 Å². The van der Waals surface area contributed by atoms with Crippen LogP contribution < -0.4 is 31.9 Å². The van der Waals surface area contributed by atoms with Crippen LogP contribution >= 0.6 is 0 Å². The quantitative estimate of drug-likeness (QED) is 0.0419. The smallest absolute Gasteiger partial charge is 0.0701 e. The summed E-state index contributed by atoms with van der Waals surface area (Å²) in [4.78, 5) is 14.6. The lowest BCUT2D eigenvalue weighted by Crippen LogP contribution is -2.36. The fourth-order valence-corrected chi connectivity index (χ4v) is 7.76. The third-order valence-corrected chi connectivity index (χ3v) is 13.2. The molecule has 0 unspecified atom stereocenters. The molecule has 0 aliphatic rings. The highest BCUT2D eigenvalue weighted by atomic mass is 16.5. The summed E-state index contributed by atoms with van der Waals surface area (Å²) in [7, 11) is 13.4. The molecule has 0 aromatic carbocycles. The number of nitrogens with one attached hydrogen (secondary N) is 6. The maximum Gasteiger partial charge on any atom is 0.0701 e. The Hall–Kier alpha value is -0.720. The van der Waals surface area contributed by atoms with Crippen LogP contribution in [-0.4, -0.2) is 305 Å². The molecule has 0 saturated heterocycles. The average molecular weight is 1070 g/mol. The molecule has 0 spiro atoms. The van der Waals surface area contributed by atoms with E-state index in [0.717, 1.165) is 144 Å². The van der Waals surface area contributed by atoms with Gasteiger partial charge in [-0.05, 0) is 107 Å². The Morgan fingerprint density at radius 2 is 0.541 bits per heavy atom. The Morgan fingerprint density at radius 3 is 0.919 bits per heavy atom. The van der Waals surface area contributed by atoms with Gasteiger partial charge >= 0.3 is 0 Å². The molecule has 0 heterocycles. The lowest BCUT2D eigenvalue weighted by Gasteiger charge is -2.24. The number of likely N-dealkylation sites (N-methyl/N-ethyl adjacent to an activating group) is 7. The minimum atomic E-state index is 0.0691. The zero-order valence-electron chi connectivity index (χ0n) is 50.2. The van der Waals surface area contributed by atoms with Gasteiger partial charge in [-0.15, -0.1) is 0 Å². The summed E-state index contributed by atoms with van der Waals surface area (Å²) >= 11 is 0. The molecule has 0 fully saturated rings. The first-order valence-electron chi connectivity index (χ1n) is 30.1. The summed E-state index contributed by atoms with van der Waals surface area (Å²) in [5.41, 5.74) is 0. The molecule has 0 rings (SSSR count). The summed E-state index contributed by atoms with van der Waals surface area (Å²) in [5.74, 6) is 0. The highest BCUT2D eigenvalue weighted by Gasteiger charge is 2.07. The normalized spacial score (nSPS) is 12.0. The van der Waals surface area contributed by atoms with Crippen molar-refractivity contribution in [1.29, 1.82) is 0 Å². The Morgan fingerprint density at radius 1 is 0.257 bits per heavy atom. The largest absolute Gasteiger partial charge is 0.394 e. The predicted octanol–water partition coefficient (Wildman–Crippen LogP) is 2.65. The summed E-state index contributed by atoms with van der Waals surface area (Å²) < 4.78 is 21.3. The SMILES string of the molecule is CCN(C)CCN(C)CCN(C)CCCCCCCCCN(C)CCN(C)CCN(C)CCOCCOCCO.CCNCCNCCNCCCCCCCCCNCCNCCNCCOCCOCCO. The van der Waals surface area contributed by atoms with Crippen LogP contribution in [0.15, 0.2) is 0 Å². The molecule has 0 aliphatic carbocycles. The molecule has 448 valence electrons. The maximum absolute atomic E-state index is 8.67. The Balaban J connectivity index is 0. The van der Waals surface area contributed by atoms with Crippen molar-refractivity contribution < 1.29 is 29.2 Å². The molecule has 0 saturated carbocycles. The van der Waals surface area contributed by atoms with Crippen molar-refractivity contribution in [2.75, 3.05) is 265 Å². The topological polar surface area (TPSA) is 169 Å². The number of ether oxygens (including phenoxy) is 4. The molecule has 18 nitrogen and oxygen atoms in total. The van der Waals surface area contributed by atoms with Crippen LogP contribution in [0.3, 0.4) is 0 Å². The number of hydrogen-bond acceptors (Lipinski definition) is 18. The van der Waals surface area contributed by atoms with Crippen LogP contribution in [0.5, 0.6) is 0 Å². The van der Waals surface area contributed by atoms with Crippen molar-refractivity contribution in [1.82, 2.24) is 61.3 Å². The molecule has 18 heteroatoms. The van der Waals surface area contributed by atoms with Gasteiger partial charge in [0.2, 0.25) is 0 Å². The molecular weight excluding hydrogens is 937 g/mol. The zero-order valence-corrected chi connectivity index (χ0v) is 50.2. The van der Waals surface area contributed by atoms with E-state index in [1.165, 1.54) is 110 Å². The monoisotopic (exact) mass is 1070 g/mol. The van der Waals surface area contributed by atoms with Crippen LogP contribution in [0.2, 0.25) is 0 Å². The van der Waals surface area contributed by atoms with E-state index in [-0.39, 0.29) is 13.2 Å². The number of aliphatic hydroxyl groups excluding tert-OH is 2. The van der Waals surface area contributed by atoms with Crippen LogP contribution in [0, 0.1) is 0 Å². The molecule has 0 bridgehead atoms. The molecule has 0 amide bonds. The van der Waals surface area contributed by atoms with Gasteiger partial charge in [0.15, 0.2) is 0 Å². The summed E-state index contributed by atoms with van der Waals surface area (Å²) in [6.45, 7) is 34.9. The van der Waals surface area contributed by atoms with Gasteiger partial charge < -0.3 is 90.5 Å². The Bertz CT molecular complexity index is 993. The van der Waals surface area contributed by atoms with Crippen molar-refractivity contribution in [3.8, 4) is 0 Å². The minimum Gasteiger partial charge on any atom is -0.394 e. The van der Waals surface area contributed by atoms with Gasteiger partial charge in [-0.1, -0.05) is 78.1 Å². The summed E-state index contributed by atoms with van der Waals surface area (Å²) in [6, 6.07) is 0. The van der Waals surface area contributed by atoms with Crippen molar-refractivity contribution in [3.63, 3.8) is 0 Å². The first-order chi connectivity index (χ1) is 36.2. The first kappa shape index (κ1) is 75.4. The number of unbranched alkanes of at least 4 members (excludes halogenated alkanes) is 12. The Kier molecular flexibility index (Phi) is 66.0. The molecule has 74 heavy (non-hydrogen) atoms. The van der Waals surface area contributed by atoms with E-state index < -0.39 is 0 Å². The second-order valence-corrected chi connectivity index (χ2v) is 20.4. The standard InChI is InChI=1S/C31H70N6O3.C25H58N6O3/c1-8-32(2)18-19-35(5)22-20-33(3)16-14-12-10-9-11-13-15-17-34(4)21-23-36(6)24-25-37(7)26-28-39-30-31-40-29-27-38;1-2-26-12-13-29-16-14-27-10-8-6-4-3-5-7-9-11-28-15-17-30-18-19-31-20-22-33-24-25-34-23-21-32/h38H,8-31H2,1-7H3;26-32H,2-25H2,1H3. The molecule has 0 radical (unpaired) electrons.